The summed E-state index contributed by atoms with van der Waals surface area (Å²) in [4.78, 5) is 16.7. The van der Waals surface area contributed by atoms with E-state index in [2.05, 4.69) is 4.90 Å². The van der Waals surface area contributed by atoms with Crippen LogP contribution in [0, 0.1) is 6.92 Å². The minimum Gasteiger partial charge on any atom is -0.328 e. The third kappa shape index (κ3) is 4.40. The van der Waals surface area contributed by atoms with Crippen LogP contribution < -0.4 is 0 Å². The molecule has 0 atom stereocenters. The number of sulfonamides is 1. The highest BCUT2D eigenvalue weighted by atomic mass is 32.2. The fraction of sp³-hybridized carbons (Fsp3) is 0.611. The predicted octanol–water partition coefficient (Wildman–Crippen LogP) is 1.66. The first-order chi connectivity index (χ1) is 12.0. The first kappa shape index (κ1) is 18.4. The lowest BCUT2D eigenvalue weighted by atomic mass is 10.1. The minimum absolute atomic E-state index is 0.0331. The number of benzene rings is 1. The van der Waals surface area contributed by atoms with Crippen molar-refractivity contribution in [1.82, 2.24) is 14.1 Å². The number of amides is 1. The zero-order valence-corrected chi connectivity index (χ0v) is 15.7. The van der Waals surface area contributed by atoms with Crippen molar-refractivity contribution in [3.63, 3.8) is 0 Å². The average Bonchev–Trinajstić information content (AvgIpc) is 2.63. The van der Waals surface area contributed by atoms with Crippen molar-refractivity contribution in [2.24, 2.45) is 0 Å². The van der Waals surface area contributed by atoms with Crippen LogP contribution in [-0.4, -0.2) is 67.8 Å². The molecule has 3 rings (SSSR count). The second-order valence-corrected chi connectivity index (χ2v) is 8.92. The lowest BCUT2D eigenvalue weighted by Crippen LogP contribution is -2.52. The molecule has 2 saturated heterocycles. The zero-order chi connectivity index (χ0) is 17.9. The molecule has 0 N–H and O–H groups in total. The van der Waals surface area contributed by atoms with Crippen molar-refractivity contribution in [3.05, 3.63) is 29.8 Å². The second-order valence-electron chi connectivity index (χ2n) is 6.98. The fourth-order valence-electron chi connectivity index (χ4n) is 3.44. The molecule has 2 heterocycles. The van der Waals surface area contributed by atoms with E-state index in [1.165, 1.54) is 10.7 Å². The summed E-state index contributed by atoms with van der Waals surface area (Å²) in [5.41, 5.74) is 1.02. The SMILES string of the molecule is Cc1ccc(S(=O)(=O)N2CCCN(C(=O)CN3CCCCC3)C2)cc1. The number of aryl methyl sites for hydroxylation is 1. The van der Waals surface area contributed by atoms with Crippen LogP contribution in [0.4, 0.5) is 0 Å². The number of rotatable bonds is 4. The number of piperidine rings is 1. The highest BCUT2D eigenvalue weighted by Crippen LogP contribution is 2.20. The van der Waals surface area contributed by atoms with E-state index < -0.39 is 10.0 Å². The maximum absolute atomic E-state index is 12.8. The number of hydrogen-bond acceptors (Lipinski definition) is 4. The number of nitrogens with zero attached hydrogens (tertiary/aromatic N) is 3. The number of carbonyl (C=O) groups excluding carboxylic acids is 1. The van der Waals surface area contributed by atoms with Crippen molar-refractivity contribution in [3.8, 4) is 0 Å². The van der Waals surface area contributed by atoms with Crippen LogP contribution in [0.3, 0.4) is 0 Å². The van der Waals surface area contributed by atoms with E-state index in [0.717, 1.165) is 31.5 Å². The quantitative estimate of drug-likeness (QED) is 0.814. The smallest absolute Gasteiger partial charge is 0.244 e. The van der Waals surface area contributed by atoms with Crippen LogP contribution in [0.1, 0.15) is 31.2 Å². The van der Waals surface area contributed by atoms with Gasteiger partial charge in [-0.05, 0) is 51.4 Å². The molecule has 1 amide bonds. The Morgan fingerprint density at radius 1 is 0.960 bits per heavy atom. The molecule has 2 aliphatic rings. The van der Waals surface area contributed by atoms with Gasteiger partial charge in [-0.15, -0.1) is 0 Å². The molecule has 2 aliphatic heterocycles. The summed E-state index contributed by atoms with van der Waals surface area (Å²) < 4.78 is 27.1. The van der Waals surface area contributed by atoms with E-state index in [9.17, 15) is 13.2 Å². The lowest BCUT2D eigenvalue weighted by Gasteiger charge is -2.36. The Labute approximate surface area is 150 Å². The van der Waals surface area contributed by atoms with Crippen LogP contribution in [-0.2, 0) is 14.8 Å². The molecule has 7 heteroatoms. The summed E-state index contributed by atoms with van der Waals surface area (Å²) in [6, 6.07) is 6.88. The summed E-state index contributed by atoms with van der Waals surface area (Å²) >= 11 is 0. The zero-order valence-electron chi connectivity index (χ0n) is 14.9. The highest BCUT2D eigenvalue weighted by molar-refractivity contribution is 7.89. The molecular formula is C18H27N3O3S. The van der Waals surface area contributed by atoms with Gasteiger partial charge in [0.1, 0.15) is 0 Å². The predicted molar refractivity (Wildman–Crippen MR) is 96.6 cm³/mol. The van der Waals surface area contributed by atoms with Gasteiger partial charge in [0.05, 0.1) is 18.1 Å². The largest absolute Gasteiger partial charge is 0.328 e. The average molecular weight is 365 g/mol. The van der Waals surface area contributed by atoms with E-state index >= 15 is 0 Å². The normalized spacial score (nSPS) is 20.6. The molecule has 1 aromatic rings. The summed E-state index contributed by atoms with van der Waals surface area (Å²) in [5.74, 6) is 0.0331. The molecule has 0 saturated carbocycles. The molecule has 0 unspecified atom stereocenters. The number of likely N-dealkylation sites (tertiary alicyclic amines) is 1. The molecule has 0 bridgehead atoms. The van der Waals surface area contributed by atoms with Crippen LogP contribution >= 0.6 is 0 Å². The Bertz CT molecular complexity index is 697. The lowest BCUT2D eigenvalue weighted by molar-refractivity contribution is -0.135. The number of hydrogen-bond donors (Lipinski definition) is 0. The van der Waals surface area contributed by atoms with Crippen LogP contribution in [0.15, 0.2) is 29.2 Å². The third-order valence-corrected chi connectivity index (χ3v) is 6.83. The number of carbonyl (C=O) groups is 1. The first-order valence-electron chi connectivity index (χ1n) is 9.04. The van der Waals surface area contributed by atoms with Crippen LogP contribution in [0.2, 0.25) is 0 Å². The fourth-order valence-corrected chi connectivity index (χ4v) is 4.88. The van der Waals surface area contributed by atoms with E-state index in [1.807, 2.05) is 6.92 Å². The standard InChI is InChI=1S/C18H27N3O3S/c1-16-6-8-17(9-7-16)25(23,24)21-13-5-12-20(15-21)18(22)14-19-10-3-2-4-11-19/h6-9H,2-5,10-15H2,1H3. The molecule has 0 spiro atoms. The van der Waals surface area contributed by atoms with Crippen molar-refractivity contribution in [1.29, 1.82) is 0 Å². The molecule has 0 radical (unpaired) electrons. The van der Waals surface area contributed by atoms with Gasteiger partial charge in [-0.3, -0.25) is 9.69 Å². The van der Waals surface area contributed by atoms with Gasteiger partial charge in [0.25, 0.3) is 0 Å². The van der Waals surface area contributed by atoms with Crippen molar-refractivity contribution in [2.45, 2.75) is 37.5 Å². The molecule has 2 fully saturated rings. The highest BCUT2D eigenvalue weighted by Gasteiger charge is 2.31. The van der Waals surface area contributed by atoms with Crippen LogP contribution in [0.5, 0.6) is 0 Å². The molecule has 1 aromatic carbocycles. The summed E-state index contributed by atoms with van der Waals surface area (Å²) in [5, 5.41) is 0. The van der Waals surface area contributed by atoms with Gasteiger partial charge in [0, 0.05) is 13.1 Å². The van der Waals surface area contributed by atoms with Crippen molar-refractivity contribution >= 4 is 15.9 Å². The van der Waals surface area contributed by atoms with Gasteiger partial charge in [0.2, 0.25) is 15.9 Å². The second kappa shape index (κ2) is 7.85. The molecular weight excluding hydrogens is 338 g/mol. The first-order valence-corrected chi connectivity index (χ1v) is 10.5. The molecule has 0 aliphatic carbocycles. The van der Waals surface area contributed by atoms with Gasteiger partial charge >= 0.3 is 0 Å². The molecule has 138 valence electrons. The molecule has 6 nitrogen and oxygen atoms in total. The van der Waals surface area contributed by atoms with Crippen molar-refractivity contribution < 1.29 is 13.2 Å². The molecule has 0 aromatic heterocycles. The van der Waals surface area contributed by atoms with Crippen LogP contribution in [0.25, 0.3) is 0 Å². The van der Waals surface area contributed by atoms with Gasteiger partial charge in [0.15, 0.2) is 0 Å². The van der Waals surface area contributed by atoms with E-state index in [-0.39, 0.29) is 12.6 Å². The Kier molecular flexibility index (Phi) is 5.76. The maximum atomic E-state index is 12.8. The van der Waals surface area contributed by atoms with E-state index in [1.54, 1.807) is 29.2 Å². The maximum Gasteiger partial charge on any atom is 0.244 e. The Hall–Kier alpha value is -1.44. The van der Waals surface area contributed by atoms with Crippen molar-refractivity contribution in [2.75, 3.05) is 39.4 Å². The van der Waals surface area contributed by atoms with E-state index in [0.29, 0.717) is 31.0 Å². The van der Waals surface area contributed by atoms with Gasteiger partial charge in [-0.25, -0.2) is 8.42 Å². The van der Waals surface area contributed by atoms with Gasteiger partial charge in [-0.2, -0.15) is 4.31 Å². The Balaban J connectivity index is 1.65. The monoisotopic (exact) mass is 365 g/mol. The topological polar surface area (TPSA) is 60.9 Å². The summed E-state index contributed by atoms with van der Waals surface area (Å²) in [6.45, 7) is 5.51. The Morgan fingerprint density at radius 3 is 2.32 bits per heavy atom. The van der Waals surface area contributed by atoms with E-state index in [4.69, 9.17) is 0 Å². The summed E-state index contributed by atoms with van der Waals surface area (Å²) in [7, 11) is -3.55. The van der Waals surface area contributed by atoms with Gasteiger partial charge < -0.3 is 4.90 Å². The third-order valence-electron chi connectivity index (χ3n) is 4.98. The molecule has 25 heavy (non-hydrogen) atoms. The minimum atomic E-state index is -3.55. The van der Waals surface area contributed by atoms with Gasteiger partial charge in [-0.1, -0.05) is 24.1 Å². The summed E-state index contributed by atoms with van der Waals surface area (Å²) in [6.07, 6.45) is 4.19. The Morgan fingerprint density at radius 2 is 1.64 bits per heavy atom.